The Bertz CT molecular complexity index is 932. The number of hydrogen-bond acceptors (Lipinski definition) is 4. The van der Waals surface area contributed by atoms with Crippen molar-refractivity contribution in [2.24, 2.45) is 5.92 Å². The number of amides is 2. The van der Waals surface area contributed by atoms with Gasteiger partial charge in [0.1, 0.15) is 12.4 Å². The Morgan fingerprint density at radius 3 is 2.45 bits per heavy atom. The van der Waals surface area contributed by atoms with Crippen LogP contribution in [0.5, 0.6) is 5.75 Å². The maximum absolute atomic E-state index is 12.6. The summed E-state index contributed by atoms with van der Waals surface area (Å²) in [5.74, 6) is 0.0580. The van der Waals surface area contributed by atoms with Crippen molar-refractivity contribution in [2.45, 2.75) is 33.4 Å². The molecule has 0 fully saturated rings. The van der Waals surface area contributed by atoms with Crippen LogP contribution in [0, 0.1) is 12.8 Å². The number of rotatable bonds is 6. The van der Waals surface area contributed by atoms with Gasteiger partial charge in [0.05, 0.1) is 18.7 Å². The molecule has 1 atom stereocenters. The summed E-state index contributed by atoms with van der Waals surface area (Å²) >= 11 is 0. The van der Waals surface area contributed by atoms with E-state index in [1.807, 2.05) is 69.3 Å². The fourth-order valence-corrected chi connectivity index (χ4v) is 3.31. The molecule has 1 aliphatic heterocycles. The van der Waals surface area contributed by atoms with Gasteiger partial charge in [0, 0.05) is 11.3 Å². The van der Waals surface area contributed by atoms with Crippen LogP contribution < -0.4 is 15.4 Å². The fraction of sp³-hybridized carbons (Fsp3) is 0.304. The zero-order valence-electron chi connectivity index (χ0n) is 17.1. The molecular weight excluding hydrogens is 368 g/mol. The van der Waals surface area contributed by atoms with Crippen molar-refractivity contribution in [3.8, 4) is 5.75 Å². The van der Waals surface area contributed by atoms with Gasteiger partial charge in [0.25, 0.3) is 0 Å². The number of hydrogen-bond donors (Lipinski definition) is 2. The summed E-state index contributed by atoms with van der Waals surface area (Å²) in [6.07, 6.45) is 0. The minimum Gasteiger partial charge on any atom is -0.489 e. The van der Waals surface area contributed by atoms with Gasteiger partial charge < -0.3 is 20.1 Å². The summed E-state index contributed by atoms with van der Waals surface area (Å²) in [7, 11) is 1.33. The number of carbonyl (C=O) groups is 2. The summed E-state index contributed by atoms with van der Waals surface area (Å²) < 4.78 is 11.1. The van der Waals surface area contributed by atoms with Gasteiger partial charge in [-0.3, -0.25) is 0 Å². The Balaban J connectivity index is 1.97. The summed E-state index contributed by atoms with van der Waals surface area (Å²) in [5, 5.41) is 5.59. The number of nitrogens with one attached hydrogen (secondary N) is 2. The lowest BCUT2D eigenvalue weighted by Crippen LogP contribution is -2.47. The average Bonchev–Trinajstić information content (AvgIpc) is 2.72. The summed E-state index contributed by atoms with van der Waals surface area (Å²) in [5.41, 5.74) is 3.85. The van der Waals surface area contributed by atoms with E-state index in [9.17, 15) is 9.59 Å². The number of allylic oxidation sites excluding steroid dienone is 1. The van der Waals surface area contributed by atoms with Gasteiger partial charge in [-0.05, 0) is 24.5 Å². The summed E-state index contributed by atoms with van der Waals surface area (Å²) in [6.45, 7) is 6.25. The van der Waals surface area contributed by atoms with Crippen molar-refractivity contribution < 1.29 is 19.1 Å². The third-order valence-corrected chi connectivity index (χ3v) is 4.83. The van der Waals surface area contributed by atoms with E-state index in [1.54, 1.807) is 0 Å². The first kappa shape index (κ1) is 20.5. The van der Waals surface area contributed by atoms with Crippen LogP contribution in [0.2, 0.25) is 0 Å². The van der Waals surface area contributed by atoms with Gasteiger partial charge >= 0.3 is 12.0 Å². The van der Waals surface area contributed by atoms with E-state index < -0.39 is 12.0 Å². The molecule has 0 aliphatic carbocycles. The normalized spacial score (nSPS) is 16.3. The molecule has 3 rings (SSSR count). The fourth-order valence-electron chi connectivity index (χ4n) is 3.31. The average molecular weight is 394 g/mol. The maximum Gasteiger partial charge on any atom is 0.337 e. The second-order valence-corrected chi connectivity index (χ2v) is 7.32. The van der Waals surface area contributed by atoms with Crippen LogP contribution in [0.4, 0.5) is 4.79 Å². The Kier molecular flexibility index (Phi) is 6.22. The number of urea groups is 1. The highest BCUT2D eigenvalue weighted by Gasteiger charge is 2.35. The van der Waals surface area contributed by atoms with Crippen molar-refractivity contribution >= 4 is 12.0 Å². The molecule has 0 bridgehead atoms. The summed E-state index contributed by atoms with van der Waals surface area (Å²) in [6, 6.07) is 14.5. The van der Waals surface area contributed by atoms with Crippen LogP contribution in [0.15, 0.2) is 59.8 Å². The number of aryl methyl sites for hydroxylation is 1. The molecule has 0 radical (unpaired) electrons. The number of para-hydroxylation sites is 1. The molecule has 0 spiro atoms. The van der Waals surface area contributed by atoms with E-state index in [0.29, 0.717) is 29.2 Å². The lowest BCUT2D eigenvalue weighted by Gasteiger charge is -2.31. The molecule has 1 heterocycles. The molecule has 2 aromatic carbocycles. The molecule has 6 nitrogen and oxygen atoms in total. The lowest BCUT2D eigenvalue weighted by atomic mass is 9.91. The minimum absolute atomic E-state index is 0.0571. The van der Waals surface area contributed by atoms with Crippen molar-refractivity contribution in [1.29, 1.82) is 0 Å². The molecule has 6 heteroatoms. The van der Waals surface area contributed by atoms with E-state index in [2.05, 4.69) is 10.6 Å². The largest absolute Gasteiger partial charge is 0.489 e. The number of methoxy groups -OCH3 is 1. The Hall–Kier alpha value is -3.28. The van der Waals surface area contributed by atoms with Gasteiger partial charge in [-0.1, -0.05) is 61.9 Å². The van der Waals surface area contributed by atoms with Gasteiger partial charge in [-0.2, -0.15) is 0 Å². The first-order chi connectivity index (χ1) is 13.9. The van der Waals surface area contributed by atoms with Crippen LogP contribution >= 0.6 is 0 Å². The quantitative estimate of drug-likeness (QED) is 0.726. The zero-order valence-corrected chi connectivity index (χ0v) is 17.1. The van der Waals surface area contributed by atoms with Gasteiger partial charge in [0.15, 0.2) is 0 Å². The smallest absolute Gasteiger partial charge is 0.337 e. The van der Waals surface area contributed by atoms with Crippen molar-refractivity contribution in [3.05, 3.63) is 76.5 Å². The highest BCUT2D eigenvalue weighted by Crippen LogP contribution is 2.35. The van der Waals surface area contributed by atoms with E-state index in [-0.39, 0.29) is 11.9 Å². The molecule has 0 saturated heterocycles. The molecule has 2 N–H and O–H groups in total. The van der Waals surface area contributed by atoms with E-state index >= 15 is 0 Å². The predicted octanol–water partition coefficient (Wildman–Crippen LogP) is 4.01. The highest BCUT2D eigenvalue weighted by atomic mass is 16.5. The highest BCUT2D eigenvalue weighted by molar-refractivity contribution is 5.95. The van der Waals surface area contributed by atoms with E-state index in [4.69, 9.17) is 9.47 Å². The van der Waals surface area contributed by atoms with Crippen molar-refractivity contribution in [2.75, 3.05) is 7.11 Å². The van der Waals surface area contributed by atoms with Gasteiger partial charge in [-0.25, -0.2) is 9.59 Å². The molecule has 2 aromatic rings. The molecule has 0 saturated carbocycles. The summed E-state index contributed by atoms with van der Waals surface area (Å²) in [4.78, 5) is 24.9. The van der Waals surface area contributed by atoms with Crippen LogP contribution in [0.1, 0.15) is 36.6 Å². The van der Waals surface area contributed by atoms with E-state index in [1.165, 1.54) is 12.7 Å². The number of benzene rings is 2. The molecule has 1 aliphatic rings. The number of esters is 1. The van der Waals surface area contributed by atoms with E-state index in [0.717, 1.165) is 5.56 Å². The predicted molar refractivity (Wildman–Crippen MR) is 110 cm³/mol. The molecule has 152 valence electrons. The van der Waals surface area contributed by atoms with Crippen LogP contribution in [0.3, 0.4) is 0 Å². The van der Waals surface area contributed by atoms with Crippen LogP contribution in [0.25, 0.3) is 0 Å². The molecule has 2 amide bonds. The molecule has 29 heavy (non-hydrogen) atoms. The number of carbonyl (C=O) groups excluding carboxylic acids is 2. The first-order valence-corrected chi connectivity index (χ1v) is 9.58. The van der Waals surface area contributed by atoms with Gasteiger partial charge in [0.2, 0.25) is 0 Å². The van der Waals surface area contributed by atoms with Gasteiger partial charge in [-0.15, -0.1) is 0 Å². The zero-order chi connectivity index (χ0) is 21.0. The first-order valence-electron chi connectivity index (χ1n) is 9.58. The lowest BCUT2D eigenvalue weighted by molar-refractivity contribution is -0.136. The van der Waals surface area contributed by atoms with Crippen LogP contribution in [-0.4, -0.2) is 19.1 Å². The maximum atomic E-state index is 12.6. The number of ether oxygens (including phenoxy) is 2. The van der Waals surface area contributed by atoms with Crippen LogP contribution in [-0.2, 0) is 16.1 Å². The molecule has 1 unspecified atom stereocenters. The SMILES string of the molecule is COC(=O)C1=C(C(C)C)NC(=O)NC1c1ccccc1OCc1ccc(C)cc1. The van der Waals surface area contributed by atoms with Crippen molar-refractivity contribution in [1.82, 2.24) is 10.6 Å². The molecule has 0 aromatic heterocycles. The Morgan fingerprint density at radius 1 is 1.10 bits per heavy atom. The monoisotopic (exact) mass is 394 g/mol. The second-order valence-electron chi connectivity index (χ2n) is 7.32. The van der Waals surface area contributed by atoms with Crippen molar-refractivity contribution in [3.63, 3.8) is 0 Å². The second kappa shape index (κ2) is 8.82. The third-order valence-electron chi connectivity index (χ3n) is 4.83. The molecular formula is C23H26N2O4. The standard InChI is InChI=1S/C23H26N2O4/c1-14(2)20-19(22(26)28-4)21(25-23(27)24-20)17-7-5-6-8-18(17)29-13-16-11-9-15(3)10-12-16/h5-12,14,21H,13H2,1-4H3,(H2,24,25,27). The third kappa shape index (κ3) is 4.59. The Morgan fingerprint density at radius 2 is 1.79 bits per heavy atom. The Labute approximate surface area is 170 Å². The topological polar surface area (TPSA) is 76.7 Å². The minimum atomic E-state index is -0.664.